The van der Waals surface area contributed by atoms with Crippen LogP contribution in [0.4, 0.5) is 15.9 Å². The van der Waals surface area contributed by atoms with Crippen molar-refractivity contribution in [3.8, 4) is 5.88 Å². The molecule has 0 unspecified atom stereocenters. The van der Waals surface area contributed by atoms with Gasteiger partial charge < -0.3 is 24.8 Å². The van der Waals surface area contributed by atoms with Crippen molar-refractivity contribution in [3.05, 3.63) is 70.5 Å². The minimum Gasteiger partial charge on any atom is -0.474 e. The van der Waals surface area contributed by atoms with E-state index in [1.54, 1.807) is 30.5 Å². The molecule has 12 heteroatoms. The maximum absolute atomic E-state index is 14.2. The number of amides is 1. The zero-order valence-corrected chi connectivity index (χ0v) is 24.0. The average Bonchev–Trinajstić information content (AvgIpc) is 2.95. The van der Waals surface area contributed by atoms with Crippen molar-refractivity contribution in [1.29, 1.82) is 0 Å². The van der Waals surface area contributed by atoms with Crippen molar-refractivity contribution in [3.63, 3.8) is 0 Å². The van der Waals surface area contributed by atoms with Crippen LogP contribution < -0.4 is 15.4 Å². The molecule has 1 atom stereocenters. The lowest BCUT2D eigenvalue weighted by Crippen LogP contribution is -2.34. The third kappa shape index (κ3) is 7.92. The zero-order chi connectivity index (χ0) is 29.5. The van der Waals surface area contributed by atoms with Gasteiger partial charge >= 0.3 is 5.97 Å². The third-order valence-electron chi connectivity index (χ3n) is 7.45. The van der Waals surface area contributed by atoms with E-state index in [1.165, 1.54) is 19.2 Å². The highest BCUT2D eigenvalue weighted by atomic mass is 35.5. The number of halogens is 2. The van der Waals surface area contributed by atoms with Crippen LogP contribution in [0.2, 0.25) is 5.02 Å². The van der Waals surface area contributed by atoms with Crippen LogP contribution in [0.5, 0.6) is 5.88 Å². The maximum atomic E-state index is 14.2. The number of carbonyl (C=O) groups is 2. The lowest BCUT2D eigenvalue weighted by molar-refractivity contribution is -0.117. The Morgan fingerprint density at radius 2 is 1.90 bits per heavy atom. The van der Waals surface area contributed by atoms with Gasteiger partial charge in [-0.25, -0.2) is 19.2 Å². The molecule has 2 fully saturated rings. The predicted octanol–water partition coefficient (Wildman–Crippen LogP) is 5.21. The molecule has 0 radical (unpaired) electrons. The van der Waals surface area contributed by atoms with Crippen LogP contribution in [0.3, 0.4) is 0 Å². The van der Waals surface area contributed by atoms with Crippen molar-refractivity contribution in [2.45, 2.75) is 57.2 Å². The first kappa shape index (κ1) is 29.7. The maximum Gasteiger partial charge on any atom is 0.356 e. The molecule has 2 N–H and O–H groups in total. The second kappa shape index (κ2) is 13.9. The number of methoxy groups -OCH3 is 1. The molecule has 1 aliphatic heterocycles. The normalized spacial score (nSPS) is 19.8. The number of anilines is 2. The van der Waals surface area contributed by atoms with Gasteiger partial charge in [-0.2, -0.15) is 4.98 Å². The largest absolute Gasteiger partial charge is 0.474 e. The summed E-state index contributed by atoms with van der Waals surface area (Å²) in [6.45, 7) is 1.25. The Hall–Kier alpha value is -3.83. The number of ether oxygens (including phenoxy) is 3. The van der Waals surface area contributed by atoms with Crippen molar-refractivity contribution < 1.29 is 28.2 Å². The SMILES string of the molecule is COC(=O)c1ccc(NC(=O)C[C@H]2CC[C@H](Oc3ccnc(Cc4ccc(Cl)cc4F)n3)CC2)c(NC[C@@H]2CCO2)n1. The van der Waals surface area contributed by atoms with Crippen LogP contribution in [-0.4, -0.2) is 59.3 Å². The van der Waals surface area contributed by atoms with Crippen LogP contribution in [0.15, 0.2) is 42.6 Å². The summed E-state index contributed by atoms with van der Waals surface area (Å²) in [4.78, 5) is 38.0. The van der Waals surface area contributed by atoms with E-state index in [0.717, 1.165) is 38.7 Å². The van der Waals surface area contributed by atoms with E-state index in [9.17, 15) is 14.0 Å². The number of esters is 1. The third-order valence-corrected chi connectivity index (χ3v) is 7.69. The number of rotatable bonds is 11. The number of pyridine rings is 1. The van der Waals surface area contributed by atoms with Gasteiger partial charge in [0.2, 0.25) is 11.8 Å². The zero-order valence-electron chi connectivity index (χ0n) is 23.3. The molecule has 1 saturated heterocycles. The molecule has 1 aromatic carbocycles. The van der Waals surface area contributed by atoms with Crippen molar-refractivity contribution in [2.75, 3.05) is 30.9 Å². The standard InChI is InChI=1S/C30H33ClFN5O5/c1-40-30(39)25-9-8-24(29(36-25)34-17-22-11-13-41-22)35-27(38)14-18-2-6-21(7-3-18)42-28-10-12-33-26(37-28)15-19-4-5-20(31)16-23(19)32/h4-5,8-10,12,16,18,21-22H,2-3,6-7,11,13-15,17H2,1H3,(H,34,36)(H,35,38)/t18-,21-,22-/m0/s1. The first-order chi connectivity index (χ1) is 20.4. The predicted molar refractivity (Wildman–Crippen MR) is 154 cm³/mol. The Kier molecular flexibility index (Phi) is 9.81. The number of aromatic nitrogens is 3. The van der Waals surface area contributed by atoms with Gasteiger partial charge in [0, 0.05) is 43.3 Å². The van der Waals surface area contributed by atoms with Gasteiger partial charge in [-0.05, 0) is 67.9 Å². The quantitative estimate of drug-likeness (QED) is 0.287. The summed E-state index contributed by atoms with van der Waals surface area (Å²) in [5, 5.41) is 6.47. The molecule has 1 aliphatic carbocycles. The summed E-state index contributed by atoms with van der Waals surface area (Å²) in [5.41, 5.74) is 1.11. The van der Waals surface area contributed by atoms with E-state index >= 15 is 0 Å². The molecule has 3 aromatic rings. The molecule has 1 saturated carbocycles. The topological polar surface area (TPSA) is 125 Å². The summed E-state index contributed by atoms with van der Waals surface area (Å²) in [5.74, 6) is 0.453. The van der Waals surface area contributed by atoms with Gasteiger partial charge in [-0.1, -0.05) is 17.7 Å². The smallest absolute Gasteiger partial charge is 0.356 e. The fourth-order valence-electron chi connectivity index (χ4n) is 5.02. The minimum absolute atomic E-state index is 0.0288. The Morgan fingerprint density at radius 3 is 2.62 bits per heavy atom. The summed E-state index contributed by atoms with van der Waals surface area (Å²) < 4.78 is 30.5. The monoisotopic (exact) mass is 597 g/mol. The van der Waals surface area contributed by atoms with Crippen LogP contribution in [0.1, 0.15) is 60.4 Å². The molecular weight excluding hydrogens is 565 g/mol. The van der Waals surface area contributed by atoms with Gasteiger partial charge in [-0.15, -0.1) is 0 Å². The van der Waals surface area contributed by atoms with Crippen molar-refractivity contribution in [2.24, 2.45) is 5.92 Å². The van der Waals surface area contributed by atoms with E-state index in [4.69, 9.17) is 25.8 Å². The molecule has 1 amide bonds. The molecule has 10 nitrogen and oxygen atoms in total. The molecular formula is C30H33ClFN5O5. The van der Waals surface area contributed by atoms with Gasteiger partial charge in [0.15, 0.2) is 11.5 Å². The number of carbonyl (C=O) groups excluding carboxylic acids is 2. The molecule has 222 valence electrons. The molecule has 42 heavy (non-hydrogen) atoms. The number of hydrogen-bond donors (Lipinski definition) is 2. The van der Waals surface area contributed by atoms with Crippen LogP contribution >= 0.6 is 11.6 Å². The number of nitrogens with one attached hydrogen (secondary N) is 2. The summed E-state index contributed by atoms with van der Waals surface area (Å²) in [7, 11) is 1.30. The van der Waals surface area contributed by atoms with Gasteiger partial charge in [-0.3, -0.25) is 4.79 Å². The molecule has 0 spiro atoms. The molecule has 3 heterocycles. The lowest BCUT2D eigenvalue weighted by atomic mass is 9.85. The minimum atomic E-state index is -0.552. The fourth-order valence-corrected chi connectivity index (χ4v) is 5.18. The second-order valence-corrected chi connectivity index (χ2v) is 10.9. The Labute approximate surface area is 248 Å². The van der Waals surface area contributed by atoms with Crippen LogP contribution in [-0.2, 0) is 20.7 Å². The van der Waals surface area contributed by atoms with Gasteiger partial charge in [0.1, 0.15) is 17.7 Å². The van der Waals surface area contributed by atoms with Crippen molar-refractivity contribution in [1.82, 2.24) is 15.0 Å². The molecule has 0 bridgehead atoms. The number of hydrogen-bond acceptors (Lipinski definition) is 9. The second-order valence-electron chi connectivity index (χ2n) is 10.5. The number of benzene rings is 1. The van der Waals surface area contributed by atoms with Crippen molar-refractivity contribution >= 4 is 35.0 Å². The van der Waals surface area contributed by atoms with Crippen LogP contribution in [0, 0.1) is 11.7 Å². The van der Waals surface area contributed by atoms with E-state index < -0.39 is 11.8 Å². The Balaban J connectivity index is 1.11. The van der Waals surface area contributed by atoms with E-state index in [-0.39, 0.29) is 36.1 Å². The lowest BCUT2D eigenvalue weighted by Gasteiger charge is -2.28. The van der Waals surface area contributed by atoms with Crippen LogP contribution in [0.25, 0.3) is 0 Å². The highest BCUT2D eigenvalue weighted by Gasteiger charge is 2.26. The molecule has 2 aromatic heterocycles. The fraction of sp³-hybridized carbons (Fsp3) is 0.433. The van der Waals surface area contributed by atoms with Gasteiger partial charge in [0.25, 0.3) is 0 Å². The van der Waals surface area contributed by atoms with Gasteiger partial charge in [0.05, 0.1) is 18.9 Å². The Bertz CT molecular complexity index is 1410. The number of nitrogens with zero attached hydrogens (tertiary/aromatic N) is 3. The van der Waals surface area contributed by atoms with E-state index in [0.29, 0.717) is 46.8 Å². The molecule has 2 aliphatic rings. The average molecular weight is 598 g/mol. The summed E-state index contributed by atoms with van der Waals surface area (Å²) >= 11 is 5.84. The first-order valence-electron chi connectivity index (χ1n) is 14.0. The Morgan fingerprint density at radius 1 is 1.10 bits per heavy atom. The summed E-state index contributed by atoms with van der Waals surface area (Å²) in [6, 6.07) is 9.42. The highest BCUT2D eigenvalue weighted by Crippen LogP contribution is 2.30. The van der Waals surface area contributed by atoms with E-state index in [1.807, 2.05) is 0 Å². The highest BCUT2D eigenvalue weighted by molar-refractivity contribution is 6.30. The first-order valence-corrected chi connectivity index (χ1v) is 14.4. The summed E-state index contributed by atoms with van der Waals surface area (Å²) in [6.07, 6.45) is 6.42. The molecule has 5 rings (SSSR count). The van der Waals surface area contributed by atoms with E-state index in [2.05, 4.69) is 25.6 Å².